The molecule has 0 unspecified atom stereocenters. The fourth-order valence-electron chi connectivity index (χ4n) is 3.18. The number of pyridine rings is 1. The lowest BCUT2D eigenvalue weighted by Crippen LogP contribution is -2.24. The zero-order valence-corrected chi connectivity index (χ0v) is 17.9. The summed E-state index contributed by atoms with van der Waals surface area (Å²) in [6, 6.07) is 11.9. The molecule has 0 radical (unpaired) electrons. The van der Waals surface area contributed by atoms with Crippen molar-refractivity contribution in [3.05, 3.63) is 60.6 Å². The topological polar surface area (TPSA) is 101 Å². The minimum atomic E-state index is -0.0764. The van der Waals surface area contributed by atoms with Gasteiger partial charge in [-0.25, -0.2) is 0 Å². The van der Waals surface area contributed by atoms with Gasteiger partial charge in [0.25, 0.3) is 0 Å². The van der Waals surface area contributed by atoms with E-state index in [0.29, 0.717) is 24.0 Å². The molecule has 0 bridgehead atoms. The number of carbonyl (C=O) groups is 2. The molecule has 2 aromatic heterocycles. The zero-order valence-electron chi connectivity index (χ0n) is 17.0. The molecule has 0 atom stereocenters. The van der Waals surface area contributed by atoms with Crippen LogP contribution in [0.3, 0.4) is 0 Å². The number of amides is 2. The van der Waals surface area contributed by atoms with Gasteiger partial charge in [-0.05, 0) is 23.3 Å². The number of thioether (sulfide) groups is 1. The van der Waals surface area contributed by atoms with Gasteiger partial charge in [-0.1, -0.05) is 36.0 Å². The van der Waals surface area contributed by atoms with E-state index in [9.17, 15) is 9.59 Å². The van der Waals surface area contributed by atoms with Crippen LogP contribution in [0.2, 0.25) is 0 Å². The Kier molecular flexibility index (Phi) is 6.42. The average Bonchev–Trinajstić information content (AvgIpc) is 3.38. The average molecular weight is 435 g/mol. The van der Waals surface area contributed by atoms with E-state index in [1.54, 1.807) is 17.1 Å². The Morgan fingerprint density at radius 3 is 2.68 bits per heavy atom. The van der Waals surface area contributed by atoms with Crippen molar-refractivity contribution < 1.29 is 9.59 Å². The van der Waals surface area contributed by atoms with E-state index >= 15 is 0 Å². The first-order valence-electron chi connectivity index (χ1n) is 9.85. The first kappa shape index (κ1) is 20.8. The van der Waals surface area contributed by atoms with Gasteiger partial charge >= 0.3 is 0 Å². The van der Waals surface area contributed by atoms with Crippen LogP contribution >= 0.6 is 11.8 Å². The van der Waals surface area contributed by atoms with E-state index in [4.69, 9.17) is 0 Å². The van der Waals surface area contributed by atoms with Crippen molar-refractivity contribution >= 4 is 28.7 Å². The number of hydrogen-bond donors (Lipinski definition) is 2. The Morgan fingerprint density at radius 2 is 1.97 bits per heavy atom. The number of rotatable bonds is 7. The van der Waals surface area contributed by atoms with E-state index < -0.39 is 0 Å². The van der Waals surface area contributed by atoms with Crippen molar-refractivity contribution in [1.82, 2.24) is 25.4 Å². The van der Waals surface area contributed by atoms with Gasteiger partial charge in [0.05, 0.1) is 12.3 Å². The SMILES string of the molecule is Cn1cc(-c2ccncc2)c(-c2ccc(CNC(=O)CCN=C3NC(=O)CS3)cc2)n1. The fourth-order valence-corrected chi connectivity index (χ4v) is 3.89. The number of carbonyl (C=O) groups excluding carboxylic acids is 2. The van der Waals surface area contributed by atoms with Crippen molar-refractivity contribution in [2.24, 2.45) is 12.0 Å². The number of benzene rings is 1. The fraction of sp³-hybridized carbons (Fsp3) is 0.227. The molecule has 3 aromatic rings. The smallest absolute Gasteiger partial charge is 0.236 e. The largest absolute Gasteiger partial charge is 0.352 e. The standard InChI is InChI=1S/C22H22N6O2S/c1-28-13-18(16-6-9-23-10-7-16)21(27-28)17-4-2-15(3-5-17)12-25-19(29)8-11-24-22-26-20(30)14-31-22/h2-7,9-10,13H,8,11-12,14H2,1H3,(H,25,29)(H,24,26,30). The highest BCUT2D eigenvalue weighted by Crippen LogP contribution is 2.30. The third kappa shape index (κ3) is 5.37. The second kappa shape index (κ2) is 9.57. The minimum Gasteiger partial charge on any atom is -0.352 e. The lowest BCUT2D eigenvalue weighted by molar-refractivity contribution is -0.121. The normalized spacial score (nSPS) is 14.6. The highest BCUT2D eigenvalue weighted by Gasteiger charge is 2.16. The van der Waals surface area contributed by atoms with Crippen LogP contribution in [0.4, 0.5) is 0 Å². The van der Waals surface area contributed by atoms with Crippen molar-refractivity contribution in [3.63, 3.8) is 0 Å². The van der Waals surface area contributed by atoms with Crippen LogP contribution < -0.4 is 10.6 Å². The lowest BCUT2D eigenvalue weighted by atomic mass is 10.0. The highest BCUT2D eigenvalue weighted by atomic mass is 32.2. The monoisotopic (exact) mass is 434 g/mol. The Balaban J connectivity index is 1.34. The summed E-state index contributed by atoms with van der Waals surface area (Å²) in [4.78, 5) is 31.5. The molecule has 158 valence electrons. The number of aliphatic imine (C=N–C) groups is 1. The molecule has 1 aliphatic rings. The van der Waals surface area contributed by atoms with Crippen LogP contribution in [0.25, 0.3) is 22.4 Å². The molecule has 31 heavy (non-hydrogen) atoms. The van der Waals surface area contributed by atoms with Gasteiger partial charge in [-0.2, -0.15) is 5.10 Å². The molecular weight excluding hydrogens is 412 g/mol. The van der Waals surface area contributed by atoms with Crippen LogP contribution in [0, 0.1) is 0 Å². The van der Waals surface area contributed by atoms with Gasteiger partial charge in [0, 0.05) is 49.7 Å². The van der Waals surface area contributed by atoms with Gasteiger partial charge in [0.2, 0.25) is 11.8 Å². The maximum absolute atomic E-state index is 12.1. The zero-order chi connectivity index (χ0) is 21.6. The molecule has 1 saturated heterocycles. The molecule has 8 nitrogen and oxygen atoms in total. The van der Waals surface area contributed by atoms with Crippen LogP contribution in [0.15, 0.2) is 60.0 Å². The van der Waals surface area contributed by atoms with Crippen LogP contribution in [0.1, 0.15) is 12.0 Å². The minimum absolute atomic E-state index is 0.0461. The first-order valence-corrected chi connectivity index (χ1v) is 10.8. The van der Waals surface area contributed by atoms with Crippen LogP contribution in [-0.2, 0) is 23.2 Å². The Morgan fingerprint density at radius 1 is 1.19 bits per heavy atom. The molecule has 2 N–H and O–H groups in total. The summed E-state index contributed by atoms with van der Waals surface area (Å²) < 4.78 is 1.80. The summed E-state index contributed by atoms with van der Waals surface area (Å²) >= 11 is 1.36. The quantitative estimate of drug-likeness (QED) is 0.595. The molecular formula is C22H22N6O2S. The molecule has 1 fully saturated rings. The molecule has 0 aliphatic carbocycles. The van der Waals surface area contributed by atoms with Crippen molar-refractivity contribution in [2.75, 3.05) is 12.3 Å². The number of nitrogens with zero attached hydrogens (tertiary/aromatic N) is 4. The Bertz CT molecular complexity index is 1110. The van der Waals surface area contributed by atoms with Crippen LogP contribution in [-0.4, -0.2) is 44.0 Å². The molecule has 1 aromatic carbocycles. The number of aromatic nitrogens is 3. The predicted octanol–water partition coefficient (Wildman–Crippen LogP) is 2.37. The Hall–Kier alpha value is -3.46. The van der Waals surface area contributed by atoms with Crippen molar-refractivity contribution in [1.29, 1.82) is 0 Å². The predicted molar refractivity (Wildman–Crippen MR) is 121 cm³/mol. The maximum atomic E-state index is 12.1. The van der Waals surface area contributed by atoms with E-state index in [1.165, 1.54) is 11.8 Å². The third-order valence-electron chi connectivity index (χ3n) is 4.72. The molecule has 0 saturated carbocycles. The summed E-state index contributed by atoms with van der Waals surface area (Å²) in [5.74, 6) is 0.270. The second-order valence-electron chi connectivity index (χ2n) is 7.05. The van der Waals surface area contributed by atoms with Crippen molar-refractivity contribution in [2.45, 2.75) is 13.0 Å². The van der Waals surface area contributed by atoms with Gasteiger partial charge in [-0.15, -0.1) is 0 Å². The summed E-state index contributed by atoms with van der Waals surface area (Å²) in [5, 5.41) is 10.8. The summed E-state index contributed by atoms with van der Waals surface area (Å²) in [5.41, 5.74) is 5.02. The lowest BCUT2D eigenvalue weighted by Gasteiger charge is -2.07. The highest BCUT2D eigenvalue weighted by molar-refractivity contribution is 8.15. The number of aryl methyl sites for hydroxylation is 1. The van der Waals surface area contributed by atoms with Crippen molar-refractivity contribution in [3.8, 4) is 22.4 Å². The number of amidine groups is 1. The van der Waals surface area contributed by atoms with Gasteiger partial charge in [-0.3, -0.25) is 24.2 Å². The number of nitrogens with one attached hydrogen (secondary N) is 2. The van der Waals surface area contributed by atoms with E-state index in [0.717, 1.165) is 27.9 Å². The van der Waals surface area contributed by atoms with Gasteiger partial charge in [0.15, 0.2) is 5.17 Å². The van der Waals surface area contributed by atoms with E-state index in [-0.39, 0.29) is 18.2 Å². The molecule has 0 spiro atoms. The van der Waals surface area contributed by atoms with Gasteiger partial charge in [0.1, 0.15) is 5.69 Å². The third-order valence-corrected chi connectivity index (χ3v) is 5.63. The maximum Gasteiger partial charge on any atom is 0.236 e. The summed E-state index contributed by atoms with van der Waals surface area (Å²) in [6.45, 7) is 0.797. The molecule has 1 aliphatic heterocycles. The number of hydrogen-bond acceptors (Lipinski definition) is 6. The second-order valence-corrected chi connectivity index (χ2v) is 8.01. The van der Waals surface area contributed by atoms with E-state index in [2.05, 4.69) is 25.7 Å². The summed E-state index contributed by atoms with van der Waals surface area (Å²) in [6.07, 6.45) is 5.82. The molecule has 2 amide bonds. The molecule has 3 heterocycles. The van der Waals surface area contributed by atoms with E-state index in [1.807, 2.05) is 49.6 Å². The van der Waals surface area contributed by atoms with Crippen LogP contribution in [0.5, 0.6) is 0 Å². The molecule has 9 heteroatoms. The molecule has 4 rings (SSSR count). The summed E-state index contributed by atoms with van der Waals surface area (Å²) in [7, 11) is 1.90. The van der Waals surface area contributed by atoms with Gasteiger partial charge < -0.3 is 10.6 Å². The first-order chi connectivity index (χ1) is 15.1. The Labute approximate surface area is 184 Å².